The van der Waals surface area contributed by atoms with Crippen molar-refractivity contribution in [2.24, 2.45) is 5.92 Å². The lowest BCUT2D eigenvalue weighted by Crippen LogP contribution is -2.45. The molecule has 1 amide bonds. The zero-order valence-corrected chi connectivity index (χ0v) is 14.8. The molecule has 0 spiro atoms. The van der Waals surface area contributed by atoms with Gasteiger partial charge in [0.1, 0.15) is 5.75 Å². The predicted octanol–water partition coefficient (Wildman–Crippen LogP) is 2.87. The Balaban J connectivity index is 1.33. The van der Waals surface area contributed by atoms with Crippen molar-refractivity contribution in [1.82, 2.24) is 20.2 Å². The molecule has 1 saturated heterocycles. The number of amides is 1. The molecule has 2 aromatic rings. The van der Waals surface area contributed by atoms with Gasteiger partial charge in [-0.2, -0.15) is 0 Å². The summed E-state index contributed by atoms with van der Waals surface area (Å²) < 4.78 is 5.68. The van der Waals surface area contributed by atoms with E-state index in [0.717, 1.165) is 38.4 Å². The quantitative estimate of drug-likeness (QED) is 0.866. The Morgan fingerprint density at radius 3 is 2.77 bits per heavy atom. The Morgan fingerprint density at radius 2 is 2.04 bits per heavy atom. The summed E-state index contributed by atoms with van der Waals surface area (Å²) in [6.07, 6.45) is 9.51. The van der Waals surface area contributed by atoms with Crippen LogP contribution in [0.4, 0.5) is 0 Å². The molecule has 26 heavy (non-hydrogen) atoms. The van der Waals surface area contributed by atoms with Crippen molar-refractivity contribution in [3.05, 3.63) is 48.4 Å². The largest absolute Gasteiger partial charge is 0.437 e. The first-order valence-corrected chi connectivity index (χ1v) is 9.34. The van der Waals surface area contributed by atoms with Gasteiger partial charge in [-0.1, -0.05) is 6.07 Å². The molecule has 1 aliphatic carbocycles. The zero-order chi connectivity index (χ0) is 17.8. The van der Waals surface area contributed by atoms with Gasteiger partial charge < -0.3 is 15.0 Å². The smallest absolute Gasteiger partial charge is 0.253 e. The molecule has 0 radical (unpaired) electrons. The fourth-order valence-corrected chi connectivity index (χ4v) is 3.28. The highest BCUT2D eigenvalue weighted by Gasteiger charge is 2.26. The van der Waals surface area contributed by atoms with Crippen LogP contribution < -0.4 is 10.1 Å². The van der Waals surface area contributed by atoms with Gasteiger partial charge in [0.2, 0.25) is 5.88 Å². The number of carbonyl (C=O) groups is 1. The van der Waals surface area contributed by atoms with Gasteiger partial charge in [-0.3, -0.25) is 9.78 Å². The van der Waals surface area contributed by atoms with Crippen LogP contribution in [-0.4, -0.2) is 46.5 Å². The maximum absolute atomic E-state index is 12.8. The summed E-state index contributed by atoms with van der Waals surface area (Å²) in [6, 6.07) is 7.81. The van der Waals surface area contributed by atoms with Gasteiger partial charge in [0.15, 0.2) is 0 Å². The highest BCUT2D eigenvalue weighted by Crippen LogP contribution is 2.28. The highest BCUT2D eigenvalue weighted by molar-refractivity contribution is 5.94. The molecular weight excluding hydrogens is 328 g/mol. The molecule has 4 rings (SSSR count). The fourth-order valence-electron chi connectivity index (χ4n) is 3.28. The second-order valence-corrected chi connectivity index (χ2v) is 7.09. The normalized spacial score (nSPS) is 17.9. The summed E-state index contributed by atoms with van der Waals surface area (Å²) in [5, 5.41) is 3.65. The fraction of sp³-hybridized carbons (Fsp3) is 0.450. The van der Waals surface area contributed by atoms with E-state index in [1.54, 1.807) is 24.7 Å². The van der Waals surface area contributed by atoms with Gasteiger partial charge in [0.25, 0.3) is 5.91 Å². The third-order valence-electron chi connectivity index (χ3n) is 5.02. The van der Waals surface area contributed by atoms with Crippen LogP contribution in [0.25, 0.3) is 0 Å². The van der Waals surface area contributed by atoms with Gasteiger partial charge in [0, 0.05) is 37.1 Å². The number of nitrogens with zero attached hydrogens (tertiary/aromatic N) is 3. The van der Waals surface area contributed by atoms with E-state index in [-0.39, 0.29) is 5.91 Å². The van der Waals surface area contributed by atoms with Gasteiger partial charge >= 0.3 is 0 Å². The lowest BCUT2D eigenvalue weighted by molar-refractivity contribution is 0.0704. The molecule has 0 bridgehead atoms. The van der Waals surface area contributed by atoms with Crippen LogP contribution in [0.3, 0.4) is 0 Å². The van der Waals surface area contributed by atoms with E-state index in [2.05, 4.69) is 15.3 Å². The number of carbonyl (C=O) groups excluding carboxylic acids is 1. The summed E-state index contributed by atoms with van der Waals surface area (Å²) in [4.78, 5) is 22.8. The molecule has 0 atom stereocenters. The first kappa shape index (κ1) is 17.0. The summed E-state index contributed by atoms with van der Waals surface area (Å²) in [5.74, 6) is 1.97. The topological polar surface area (TPSA) is 67.3 Å². The SMILES string of the molecule is O=C(c1cccc(Oc2cnccn2)c1)N1CCC(NCC2CC2)CC1. The van der Waals surface area contributed by atoms with E-state index in [1.807, 2.05) is 23.1 Å². The lowest BCUT2D eigenvalue weighted by atomic mass is 10.0. The number of aromatic nitrogens is 2. The molecule has 1 aliphatic heterocycles. The molecule has 1 aromatic carbocycles. The molecular formula is C20H24N4O2. The van der Waals surface area contributed by atoms with Crippen LogP contribution in [0, 0.1) is 5.92 Å². The number of hydrogen-bond donors (Lipinski definition) is 1. The minimum absolute atomic E-state index is 0.0650. The second-order valence-electron chi connectivity index (χ2n) is 7.09. The number of benzene rings is 1. The minimum Gasteiger partial charge on any atom is -0.437 e. The Morgan fingerprint density at radius 1 is 1.19 bits per heavy atom. The molecule has 1 aromatic heterocycles. The van der Waals surface area contributed by atoms with Crippen LogP contribution in [0.2, 0.25) is 0 Å². The van der Waals surface area contributed by atoms with Crippen molar-refractivity contribution in [2.75, 3.05) is 19.6 Å². The molecule has 2 heterocycles. The number of nitrogens with one attached hydrogen (secondary N) is 1. The monoisotopic (exact) mass is 352 g/mol. The van der Waals surface area contributed by atoms with E-state index in [9.17, 15) is 4.79 Å². The number of piperidine rings is 1. The van der Waals surface area contributed by atoms with Crippen molar-refractivity contribution >= 4 is 5.91 Å². The number of ether oxygens (including phenoxy) is 1. The molecule has 2 fully saturated rings. The third-order valence-corrected chi connectivity index (χ3v) is 5.02. The molecule has 0 unspecified atom stereocenters. The molecule has 2 aliphatic rings. The van der Waals surface area contributed by atoms with E-state index in [0.29, 0.717) is 23.2 Å². The second kappa shape index (κ2) is 7.83. The summed E-state index contributed by atoms with van der Waals surface area (Å²) in [6.45, 7) is 2.74. The Bertz CT molecular complexity index is 740. The average molecular weight is 352 g/mol. The lowest BCUT2D eigenvalue weighted by Gasteiger charge is -2.32. The number of rotatable bonds is 6. The van der Waals surface area contributed by atoms with Crippen LogP contribution in [0.1, 0.15) is 36.0 Å². The van der Waals surface area contributed by atoms with E-state index in [1.165, 1.54) is 12.8 Å². The summed E-state index contributed by atoms with van der Waals surface area (Å²) in [5.41, 5.74) is 0.649. The summed E-state index contributed by atoms with van der Waals surface area (Å²) >= 11 is 0. The summed E-state index contributed by atoms with van der Waals surface area (Å²) in [7, 11) is 0. The highest BCUT2D eigenvalue weighted by atomic mass is 16.5. The molecule has 6 nitrogen and oxygen atoms in total. The van der Waals surface area contributed by atoms with E-state index < -0.39 is 0 Å². The van der Waals surface area contributed by atoms with Crippen LogP contribution >= 0.6 is 0 Å². The molecule has 1 N–H and O–H groups in total. The Kier molecular flexibility index (Phi) is 5.11. The van der Waals surface area contributed by atoms with Gasteiger partial charge in [-0.15, -0.1) is 0 Å². The maximum atomic E-state index is 12.8. The van der Waals surface area contributed by atoms with Crippen LogP contribution in [-0.2, 0) is 0 Å². The third kappa shape index (κ3) is 4.38. The van der Waals surface area contributed by atoms with Crippen molar-refractivity contribution < 1.29 is 9.53 Å². The first-order valence-electron chi connectivity index (χ1n) is 9.34. The maximum Gasteiger partial charge on any atom is 0.253 e. The van der Waals surface area contributed by atoms with Crippen LogP contribution in [0.15, 0.2) is 42.9 Å². The molecule has 6 heteroatoms. The predicted molar refractivity (Wildman–Crippen MR) is 98.2 cm³/mol. The van der Waals surface area contributed by atoms with Crippen molar-refractivity contribution in [3.63, 3.8) is 0 Å². The number of likely N-dealkylation sites (tertiary alicyclic amines) is 1. The Labute approximate surface area is 153 Å². The molecule has 136 valence electrons. The van der Waals surface area contributed by atoms with Gasteiger partial charge in [0.05, 0.1) is 6.20 Å². The standard InChI is InChI=1S/C20H24N4O2/c25-20(24-10-6-17(7-11-24)23-13-15-4-5-15)16-2-1-3-18(12-16)26-19-14-21-8-9-22-19/h1-3,8-9,12,14-15,17,23H,4-7,10-11,13H2. The Hall–Kier alpha value is -2.47. The average Bonchev–Trinajstić information content (AvgIpc) is 3.52. The zero-order valence-electron chi connectivity index (χ0n) is 14.8. The van der Waals surface area contributed by atoms with Crippen molar-refractivity contribution in [1.29, 1.82) is 0 Å². The van der Waals surface area contributed by atoms with Crippen molar-refractivity contribution in [3.8, 4) is 11.6 Å². The first-order chi connectivity index (χ1) is 12.8. The van der Waals surface area contributed by atoms with E-state index >= 15 is 0 Å². The number of hydrogen-bond acceptors (Lipinski definition) is 5. The van der Waals surface area contributed by atoms with E-state index in [4.69, 9.17) is 4.74 Å². The van der Waals surface area contributed by atoms with Gasteiger partial charge in [-0.05, 0) is 56.3 Å². The van der Waals surface area contributed by atoms with Gasteiger partial charge in [-0.25, -0.2) is 4.98 Å². The molecule has 1 saturated carbocycles. The minimum atomic E-state index is 0.0650. The van der Waals surface area contributed by atoms with Crippen molar-refractivity contribution in [2.45, 2.75) is 31.7 Å². The van der Waals surface area contributed by atoms with Crippen LogP contribution in [0.5, 0.6) is 11.6 Å².